The Morgan fingerprint density at radius 2 is 2.23 bits per heavy atom. The lowest BCUT2D eigenvalue weighted by molar-refractivity contribution is 0.0942. The molecule has 0 atom stereocenters. The van der Waals surface area contributed by atoms with Gasteiger partial charge in [0.25, 0.3) is 5.91 Å². The molecule has 0 spiro atoms. The summed E-state index contributed by atoms with van der Waals surface area (Å²) in [6.07, 6.45) is 2.55. The van der Waals surface area contributed by atoms with Gasteiger partial charge < -0.3 is 14.6 Å². The third-order valence-corrected chi connectivity index (χ3v) is 3.92. The summed E-state index contributed by atoms with van der Waals surface area (Å²) in [7, 11) is 1.68. The van der Waals surface area contributed by atoms with Crippen molar-refractivity contribution in [3.63, 3.8) is 0 Å². The van der Waals surface area contributed by atoms with Gasteiger partial charge in [0.05, 0.1) is 11.6 Å². The summed E-state index contributed by atoms with van der Waals surface area (Å²) < 4.78 is 7.10. The molecule has 0 radical (unpaired) electrons. The first-order chi connectivity index (χ1) is 10.5. The molecule has 2 rings (SSSR count). The Hall–Kier alpha value is -1.72. The van der Waals surface area contributed by atoms with E-state index in [0.29, 0.717) is 34.9 Å². The second kappa shape index (κ2) is 7.51. The first kappa shape index (κ1) is 16.6. The van der Waals surface area contributed by atoms with Crippen LogP contribution >= 0.6 is 23.2 Å². The maximum atomic E-state index is 12.2. The SMILES string of the molecule is CCCOc1ncccc1CNC(=O)c1cc(Cl)c(Cl)n1C. The molecule has 0 saturated heterocycles. The molecule has 1 N–H and O–H groups in total. The van der Waals surface area contributed by atoms with Crippen molar-refractivity contribution in [2.45, 2.75) is 19.9 Å². The number of amides is 1. The number of pyridine rings is 1. The van der Waals surface area contributed by atoms with Gasteiger partial charge in [-0.2, -0.15) is 0 Å². The Kier molecular flexibility index (Phi) is 5.69. The molecule has 2 aromatic heterocycles. The van der Waals surface area contributed by atoms with Gasteiger partial charge >= 0.3 is 0 Å². The Bertz CT molecular complexity index is 671. The lowest BCUT2D eigenvalue weighted by Crippen LogP contribution is -2.25. The van der Waals surface area contributed by atoms with Crippen LogP contribution in [0.3, 0.4) is 0 Å². The number of carbonyl (C=O) groups is 1. The molecule has 22 heavy (non-hydrogen) atoms. The van der Waals surface area contributed by atoms with Crippen molar-refractivity contribution in [3.8, 4) is 5.88 Å². The maximum absolute atomic E-state index is 12.2. The highest BCUT2D eigenvalue weighted by molar-refractivity contribution is 6.41. The van der Waals surface area contributed by atoms with Crippen molar-refractivity contribution in [3.05, 3.63) is 45.8 Å². The number of nitrogens with zero attached hydrogens (tertiary/aromatic N) is 2. The number of halogens is 2. The minimum atomic E-state index is -0.262. The van der Waals surface area contributed by atoms with Crippen LogP contribution in [0.25, 0.3) is 0 Å². The second-order valence-electron chi connectivity index (χ2n) is 4.73. The van der Waals surface area contributed by atoms with Gasteiger partial charge in [0.1, 0.15) is 10.8 Å². The smallest absolute Gasteiger partial charge is 0.268 e. The zero-order chi connectivity index (χ0) is 16.1. The summed E-state index contributed by atoms with van der Waals surface area (Å²) in [6.45, 7) is 2.92. The van der Waals surface area contributed by atoms with E-state index < -0.39 is 0 Å². The van der Waals surface area contributed by atoms with Crippen LogP contribution in [0.15, 0.2) is 24.4 Å². The molecular formula is C15H17Cl2N3O2. The van der Waals surface area contributed by atoms with Gasteiger partial charge in [-0.3, -0.25) is 4.79 Å². The fourth-order valence-electron chi connectivity index (χ4n) is 1.91. The lowest BCUT2D eigenvalue weighted by Gasteiger charge is -2.10. The highest BCUT2D eigenvalue weighted by atomic mass is 35.5. The second-order valence-corrected chi connectivity index (χ2v) is 5.49. The molecule has 0 aliphatic heterocycles. The molecule has 0 aromatic carbocycles. The van der Waals surface area contributed by atoms with Crippen LogP contribution in [0.4, 0.5) is 0 Å². The third-order valence-electron chi connectivity index (χ3n) is 3.08. The fourth-order valence-corrected chi connectivity index (χ4v) is 2.29. The summed E-state index contributed by atoms with van der Waals surface area (Å²) in [5, 5.41) is 3.50. The van der Waals surface area contributed by atoms with E-state index in [4.69, 9.17) is 27.9 Å². The van der Waals surface area contributed by atoms with Gasteiger partial charge in [0.2, 0.25) is 5.88 Å². The monoisotopic (exact) mass is 341 g/mol. The van der Waals surface area contributed by atoms with Crippen molar-refractivity contribution >= 4 is 29.1 Å². The van der Waals surface area contributed by atoms with E-state index >= 15 is 0 Å². The van der Waals surface area contributed by atoms with E-state index in [0.717, 1.165) is 12.0 Å². The number of carbonyl (C=O) groups excluding carboxylic acids is 1. The zero-order valence-electron chi connectivity index (χ0n) is 12.4. The molecule has 2 heterocycles. The maximum Gasteiger partial charge on any atom is 0.268 e. The highest BCUT2D eigenvalue weighted by Gasteiger charge is 2.16. The Morgan fingerprint density at radius 1 is 1.45 bits per heavy atom. The van der Waals surface area contributed by atoms with Crippen LogP contribution in [-0.4, -0.2) is 22.1 Å². The van der Waals surface area contributed by atoms with Gasteiger partial charge in [-0.1, -0.05) is 36.2 Å². The summed E-state index contributed by atoms with van der Waals surface area (Å²) in [5.41, 5.74) is 1.21. The minimum Gasteiger partial charge on any atom is -0.477 e. The fraction of sp³-hybridized carbons (Fsp3) is 0.333. The zero-order valence-corrected chi connectivity index (χ0v) is 13.9. The van der Waals surface area contributed by atoms with E-state index in [2.05, 4.69) is 10.3 Å². The van der Waals surface area contributed by atoms with Gasteiger partial charge in [0.15, 0.2) is 0 Å². The van der Waals surface area contributed by atoms with Crippen LogP contribution in [0.5, 0.6) is 5.88 Å². The normalized spacial score (nSPS) is 10.5. The molecule has 0 fully saturated rings. The van der Waals surface area contributed by atoms with E-state index in [1.807, 2.05) is 13.0 Å². The lowest BCUT2D eigenvalue weighted by atomic mass is 10.2. The van der Waals surface area contributed by atoms with Crippen LogP contribution in [-0.2, 0) is 13.6 Å². The number of hydrogen-bond donors (Lipinski definition) is 1. The number of aromatic nitrogens is 2. The number of nitrogens with one attached hydrogen (secondary N) is 1. The van der Waals surface area contributed by atoms with Crippen molar-refractivity contribution in [1.29, 1.82) is 0 Å². The van der Waals surface area contributed by atoms with Gasteiger partial charge in [-0.05, 0) is 18.6 Å². The summed E-state index contributed by atoms with van der Waals surface area (Å²) >= 11 is 11.9. The molecular weight excluding hydrogens is 325 g/mol. The van der Waals surface area contributed by atoms with Crippen LogP contribution in [0.2, 0.25) is 10.2 Å². The molecule has 0 aliphatic carbocycles. The molecule has 0 unspecified atom stereocenters. The Balaban J connectivity index is 2.06. The van der Waals surface area contributed by atoms with E-state index in [-0.39, 0.29) is 5.91 Å². The average Bonchev–Trinajstić information content (AvgIpc) is 2.79. The van der Waals surface area contributed by atoms with Crippen molar-refractivity contribution in [2.24, 2.45) is 7.05 Å². The van der Waals surface area contributed by atoms with E-state index in [1.54, 1.807) is 19.3 Å². The molecule has 0 bridgehead atoms. The van der Waals surface area contributed by atoms with Crippen LogP contribution in [0, 0.1) is 0 Å². The first-order valence-corrected chi connectivity index (χ1v) is 7.65. The predicted molar refractivity (Wildman–Crippen MR) is 86.6 cm³/mol. The minimum absolute atomic E-state index is 0.262. The van der Waals surface area contributed by atoms with Crippen molar-refractivity contribution in [1.82, 2.24) is 14.9 Å². The Morgan fingerprint density at radius 3 is 2.86 bits per heavy atom. The van der Waals surface area contributed by atoms with Crippen LogP contribution < -0.4 is 10.1 Å². The number of rotatable bonds is 6. The molecule has 7 heteroatoms. The van der Waals surface area contributed by atoms with Crippen LogP contribution in [0.1, 0.15) is 29.4 Å². The standard InChI is InChI=1S/C15H17Cl2N3O2/c1-3-7-22-15-10(5-4-6-18-15)9-19-14(21)12-8-11(16)13(17)20(12)2/h4-6,8H,3,7,9H2,1-2H3,(H,19,21). The number of hydrogen-bond acceptors (Lipinski definition) is 3. The predicted octanol–water partition coefficient (Wildman–Crippen LogP) is 3.45. The molecule has 1 amide bonds. The molecule has 0 saturated carbocycles. The number of ether oxygens (including phenoxy) is 1. The van der Waals surface area contributed by atoms with E-state index in [1.165, 1.54) is 10.6 Å². The molecule has 0 aliphatic rings. The van der Waals surface area contributed by atoms with Gasteiger partial charge in [0, 0.05) is 25.4 Å². The summed E-state index contributed by atoms with van der Waals surface area (Å²) in [4.78, 5) is 16.4. The van der Waals surface area contributed by atoms with Gasteiger partial charge in [-0.15, -0.1) is 0 Å². The summed E-state index contributed by atoms with van der Waals surface area (Å²) in [5.74, 6) is 0.272. The topological polar surface area (TPSA) is 56.1 Å². The Labute approximate surface area is 139 Å². The average molecular weight is 342 g/mol. The van der Waals surface area contributed by atoms with E-state index in [9.17, 15) is 4.79 Å². The quantitative estimate of drug-likeness (QED) is 0.875. The largest absolute Gasteiger partial charge is 0.477 e. The first-order valence-electron chi connectivity index (χ1n) is 6.90. The molecule has 118 valence electrons. The van der Waals surface area contributed by atoms with Crippen molar-refractivity contribution in [2.75, 3.05) is 6.61 Å². The summed E-state index contributed by atoms with van der Waals surface area (Å²) in [6, 6.07) is 5.21. The van der Waals surface area contributed by atoms with Gasteiger partial charge in [-0.25, -0.2) is 4.98 Å². The van der Waals surface area contributed by atoms with Crippen molar-refractivity contribution < 1.29 is 9.53 Å². The highest BCUT2D eigenvalue weighted by Crippen LogP contribution is 2.25. The molecule has 5 nitrogen and oxygen atoms in total. The third kappa shape index (κ3) is 3.72. The molecule has 2 aromatic rings.